The molecule has 2 aliphatic carbocycles. The molecule has 8 heteroatoms. The molecule has 1 aliphatic heterocycles. The number of carbonyl (C=O) groups excluding carboxylic acids is 1. The Labute approximate surface area is 217 Å². The standard InChI is InChI=1S/C28H25BrN2O5/c29-18-9-10-24(30-13-18)28(36-16-26(32)33)12-17-11-25(28)31(14-17)27(34)35-15-23-21-7-3-1-5-19(21)20-6-2-4-8-22(20)23/h1-10,13,17,23,25H,11-12,14-16H2,(H,32,33). The van der Waals surface area contributed by atoms with E-state index in [1.54, 1.807) is 11.1 Å². The molecule has 7 nitrogen and oxygen atoms in total. The summed E-state index contributed by atoms with van der Waals surface area (Å²) < 4.78 is 12.8. The molecule has 2 heterocycles. The van der Waals surface area contributed by atoms with Crippen LogP contribution in [-0.4, -0.2) is 52.9 Å². The zero-order valence-electron chi connectivity index (χ0n) is 19.5. The fourth-order valence-electron chi connectivity index (χ4n) is 6.28. The Kier molecular flexibility index (Phi) is 5.80. The number of aliphatic carboxylic acids is 1. The molecule has 1 saturated carbocycles. The summed E-state index contributed by atoms with van der Waals surface area (Å²) in [7, 11) is 0. The number of hydrogen-bond acceptors (Lipinski definition) is 5. The number of nitrogens with zero attached hydrogens (tertiary/aromatic N) is 2. The molecule has 36 heavy (non-hydrogen) atoms. The maximum absolute atomic E-state index is 13.4. The van der Waals surface area contributed by atoms with E-state index < -0.39 is 24.3 Å². The highest BCUT2D eigenvalue weighted by Crippen LogP contribution is 2.52. The van der Waals surface area contributed by atoms with E-state index in [2.05, 4.69) is 45.2 Å². The van der Waals surface area contributed by atoms with Crippen molar-refractivity contribution in [2.45, 2.75) is 30.4 Å². The third-order valence-corrected chi connectivity index (χ3v) is 8.17. The Morgan fingerprint density at radius 1 is 1.06 bits per heavy atom. The molecule has 2 aromatic carbocycles. The SMILES string of the molecule is O=C(O)COC1(c2ccc(Br)cn2)CC2CC1N(C(=O)OCC1c3ccccc3-c3ccccc31)C2. The molecule has 1 aromatic heterocycles. The van der Waals surface area contributed by atoms with Crippen LogP contribution in [0.4, 0.5) is 4.79 Å². The Balaban J connectivity index is 1.24. The number of likely N-dealkylation sites (tertiary alicyclic amines) is 1. The van der Waals surface area contributed by atoms with Crippen LogP contribution >= 0.6 is 15.9 Å². The molecule has 1 amide bonds. The molecule has 2 fully saturated rings. The van der Waals surface area contributed by atoms with Crippen LogP contribution in [0.5, 0.6) is 0 Å². The lowest BCUT2D eigenvalue weighted by atomic mass is 9.88. The van der Waals surface area contributed by atoms with Crippen molar-refractivity contribution in [1.29, 1.82) is 0 Å². The van der Waals surface area contributed by atoms with Crippen molar-refractivity contribution in [3.63, 3.8) is 0 Å². The third kappa shape index (κ3) is 3.79. The highest BCUT2D eigenvalue weighted by molar-refractivity contribution is 9.10. The summed E-state index contributed by atoms with van der Waals surface area (Å²) in [5, 5.41) is 9.33. The van der Waals surface area contributed by atoms with E-state index in [0.29, 0.717) is 18.7 Å². The molecular weight excluding hydrogens is 524 g/mol. The van der Waals surface area contributed by atoms with Crippen LogP contribution in [0.25, 0.3) is 11.1 Å². The van der Waals surface area contributed by atoms with Crippen molar-refractivity contribution in [3.8, 4) is 11.1 Å². The molecule has 0 spiro atoms. The molecule has 3 atom stereocenters. The maximum atomic E-state index is 13.4. The zero-order chi connectivity index (χ0) is 24.9. The normalized spacial score (nSPS) is 24.0. The largest absolute Gasteiger partial charge is 0.480 e. The molecule has 3 aromatic rings. The monoisotopic (exact) mass is 548 g/mol. The summed E-state index contributed by atoms with van der Waals surface area (Å²) in [5.41, 5.74) is 4.33. The van der Waals surface area contributed by atoms with Gasteiger partial charge in [-0.05, 0) is 69.1 Å². The lowest BCUT2D eigenvalue weighted by Crippen LogP contribution is -2.53. The van der Waals surface area contributed by atoms with Gasteiger partial charge in [0.15, 0.2) is 0 Å². The average Bonchev–Trinajstić information content (AvgIpc) is 3.57. The van der Waals surface area contributed by atoms with Crippen molar-refractivity contribution in [2.24, 2.45) is 5.92 Å². The predicted molar refractivity (Wildman–Crippen MR) is 135 cm³/mol. The highest BCUT2D eigenvalue weighted by atomic mass is 79.9. The van der Waals surface area contributed by atoms with Gasteiger partial charge in [0.2, 0.25) is 0 Å². The van der Waals surface area contributed by atoms with Gasteiger partial charge in [0, 0.05) is 23.1 Å². The number of halogens is 1. The summed E-state index contributed by atoms with van der Waals surface area (Å²) in [6.45, 7) is 0.343. The quantitative estimate of drug-likeness (QED) is 0.456. The zero-order valence-corrected chi connectivity index (χ0v) is 21.1. The van der Waals surface area contributed by atoms with Gasteiger partial charge in [-0.15, -0.1) is 0 Å². The van der Waals surface area contributed by atoms with Crippen molar-refractivity contribution < 1.29 is 24.2 Å². The van der Waals surface area contributed by atoms with Gasteiger partial charge < -0.3 is 19.5 Å². The van der Waals surface area contributed by atoms with E-state index in [1.165, 1.54) is 11.1 Å². The Morgan fingerprint density at radius 3 is 2.36 bits per heavy atom. The third-order valence-electron chi connectivity index (χ3n) is 7.70. The van der Waals surface area contributed by atoms with Gasteiger partial charge in [-0.2, -0.15) is 0 Å². The summed E-state index contributed by atoms with van der Waals surface area (Å²) in [6.07, 6.45) is 2.61. The van der Waals surface area contributed by atoms with Crippen molar-refractivity contribution in [1.82, 2.24) is 9.88 Å². The fraction of sp³-hybridized carbons (Fsp3) is 0.321. The summed E-state index contributed by atoms with van der Waals surface area (Å²) in [4.78, 5) is 31.1. The molecule has 0 radical (unpaired) electrons. The number of carboxylic acid groups (broad SMARTS) is 1. The van der Waals surface area contributed by atoms with Crippen molar-refractivity contribution in [2.75, 3.05) is 19.8 Å². The maximum Gasteiger partial charge on any atom is 0.410 e. The molecule has 1 N–H and O–H groups in total. The number of hydrogen-bond donors (Lipinski definition) is 1. The number of benzene rings is 2. The van der Waals surface area contributed by atoms with Gasteiger partial charge in [0.25, 0.3) is 0 Å². The van der Waals surface area contributed by atoms with Crippen molar-refractivity contribution >= 4 is 28.0 Å². The Hall–Kier alpha value is -3.23. The minimum absolute atomic E-state index is 0.0256. The number of ether oxygens (including phenoxy) is 2. The number of pyridine rings is 1. The van der Waals surface area contributed by atoms with E-state index in [0.717, 1.165) is 22.0 Å². The number of carbonyl (C=O) groups is 2. The second-order valence-electron chi connectivity index (χ2n) is 9.71. The molecule has 6 rings (SSSR count). The smallest absolute Gasteiger partial charge is 0.410 e. The topological polar surface area (TPSA) is 89.0 Å². The van der Waals surface area contributed by atoms with Gasteiger partial charge >= 0.3 is 12.1 Å². The summed E-state index contributed by atoms with van der Waals surface area (Å²) in [5.74, 6) is -0.890. The van der Waals surface area contributed by atoms with Crippen molar-refractivity contribution in [3.05, 3.63) is 88.2 Å². The minimum atomic E-state index is -1.05. The summed E-state index contributed by atoms with van der Waals surface area (Å²) >= 11 is 3.40. The van der Waals surface area contributed by atoms with Crippen LogP contribution in [0.15, 0.2) is 71.3 Å². The first kappa shape index (κ1) is 23.2. The van der Waals surface area contributed by atoms with Gasteiger partial charge in [0.1, 0.15) is 18.8 Å². The Morgan fingerprint density at radius 2 is 1.75 bits per heavy atom. The highest BCUT2D eigenvalue weighted by Gasteiger charge is 2.59. The van der Waals surface area contributed by atoms with Crippen LogP contribution in [0, 0.1) is 5.92 Å². The molecule has 3 aliphatic rings. The average molecular weight is 549 g/mol. The number of carboxylic acids is 1. The molecule has 2 bridgehead atoms. The van der Waals surface area contributed by atoms with Crippen LogP contribution < -0.4 is 0 Å². The van der Waals surface area contributed by atoms with E-state index >= 15 is 0 Å². The number of piperidine rings is 1. The number of rotatable bonds is 6. The van der Waals surface area contributed by atoms with E-state index in [-0.39, 0.29) is 24.5 Å². The van der Waals surface area contributed by atoms with Crippen LogP contribution in [0.2, 0.25) is 0 Å². The summed E-state index contributed by atoms with van der Waals surface area (Å²) in [6, 6.07) is 19.8. The number of aromatic nitrogens is 1. The first-order valence-electron chi connectivity index (χ1n) is 12.1. The predicted octanol–water partition coefficient (Wildman–Crippen LogP) is 5.18. The first-order chi connectivity index (χ1) is 17.5. The molecule has 3 unspecified atom stereocenters. The van der Waals surface area contributed by atoms with Gasteiger partial charge in [0.05, 0.1) is 11.7 Å². The number of amides is 1. The van der Waals surface area contributed by atoms with E-state index in [1.807, 2.05) is 36.4 Å². The van der Waals surface area contributed by atoms with Gasteiger partial charge in [-0.3, -0.25) is 4.98 Å². The second-order valence-corrected chi connectivity index (χ2v) is 10.6. The van der Waals surface area contributed by atoms with Crippen LogP contribution in [0.1, 0.15) is 35.6 Å². The molecule has 184 valence electrons. The molecule has 1 saturated heterocycles. The second kappa shape index (κ2) is 9.01. The van der Waals surface area contributed by atoms with Crippen LogP contribution in [-0.2, 0) is 19.9 Å². The lowest BCUT2D eigenvalue weighted by molar-refractivity contribution is -0.157. The van der Waals surface area contributed by atoms with E-state index in [4.69, 9.17) is 9.47 Å². The number of fused-ring (bicyclic) bond motifs is 5. The van der Waals surface area contributed by atoms with Crippen LogP contribution in [0.3, 0.4) is 0 Å². The minimum Gasteiger partial charge on any atom is -0.480 e. The molecular formula is C28H25BrN2O5. The first-order valence-corrected chi connectivity index (χ1v) is 12.8. The fourth-order valence-corrected chi connectivity index (χ4v) is 6.51. The van der Waals surface area contributed by atoms with E-state index in [9.17, 15) is 14.7 Å². The van der Waals surface area contributed by atoms with Gasteiger partial charge in [-0.25, -0.2) is 9.59 Å². The Bertz CT molecular complexity index is 1280. The van der Waals surface area contributed by atoms with Gasteiger partial charge in [-0.1, -0.05) is 48.5 Å². The lowest BCUT2D eigenvalue weighted by Gasteiger charge is -2.42.